The van der Waals surface area contributed by atoms with Crippen LogP contribution in [0, 0.1) is 0 Å². The van der Waals surface area contributed by atoms with Crippen molar-refractivity contribution >= 4 is 46.4 Å². The van der Waals surface area contributed by atoms with E-state index in [1.807, 2.05) is 31.2 Å². The number of hydrogen-bond acceptors (Lipinski definition) is 4. The number of halogens is 4. The third-order valence-corrected chi connectivity index (χ3v) is 8.56. The molecule has 198 valence electrons. The molecule has 0 atom stereocenters. The molecular formula is C30H26Cl4O4. The summed E-state index contributed by atoms with van der Waals surface area (Å²) in [5.41, 5.74) is 1.73. The van der Waals surface area contributed by atoms with Gasteiger partial charge >= 0.3 is 0 Å². The summed E-state index contributed by atoms with van der Waals surface area (Å²) in [6.07, 6.45) is 1.07. The summed E-state index contributed by atoms with van der Waals surface area (Å²) < 4.78 is 0. The van der Waals surface area contributed by atoms with Crippen LogP contribution in [0.2, 0.25) is 20.1 Å². The molecule has 0 aliphatic carbocycles. The molecule has 0 amide bonds. The Morgan fingerprint density at radius 1 is 0.553 bits per heavy atom. The van der Waals surface area contributed by atoms with Crippen molar-refractivity contribution in [3.05, 3.63) is 115 Å². The van der Waals surface area contributed by atoms with Crippen molar-refractivity contribution in [2.24, 2.45) is 0 Å². The van der Waals surface area contributed by atoms with Crippen LogP contribution < -0.4 is 0 Å². The van der Waals surface area contributed by atoms with Crippen LogP contribution in [0.3, 0.4) is 0 Å². The minimum absolute atomic E-state index is 0.0889. The Bertz CT molecular complexity index is 1320. The zero-order valence-corrected chi connectivity index (χ0v) is 23.7. The fraction of sp³-hybridized carbons (Fsp3) is 0.200. The van der Waals surface area contributed by atoms with Gasteiger partial charge in [-0.2, -0.15) is 0 Å². The topological polar surface area (TPSA) is 80.9 Å². The molecule has 0 unspecified atom stereocenters. The minimum Gasteiger partial charge on any atom is -0.508 e. The Balaban J connectivity index is 2.06. The maximum atomic E-state index is 10.3. The summed E-state index contributed by atoms with van der Waals surface area (Å²) in [7, 11) is 0. The first-order valence-corrected chi connectivity index (χ1v) is 13.4. The standard InChI is InChI=1S/C30H26Cl4O4/c1-3-30(17-4-8-21(35)9-5-17,18-6-10-22(36)11-7-18)16-29(2,19-12-23(31)27(37)24(32)13-19)20-14-25(33)28(38)26(34)15-20/h4-15,35-38H,3,16H2,1-2H3. The molecule has 0 heterocycles. The molecule has 0 saturated heterocycles. The molecule has 0 spiro atoms. The molecule has 0 radical (unpaired) electrons. The molecule has 4 aromatic carbocycles. The highest BCUT2D eigenvalue weighted by Crippen LogP contribution is 2.52. The molecule has 4 aromatic rings. The highest BCUT2D eigenvalue weighted by atomic mass is 35.5. The van der Waals surface area contributed by atoms with Gasteiger partial charge < -0.3 is 20.4 Å². The molecule has 0 aliphatic heterocycles. The van der Waals surface area contributed by atoms with Crippen LogP contribution in [-0.4, -0.2) is 20.4 Å². The number of benzene rings is 4. The van der Waals surface area contributed by atoms with Gasteiger partial charge in [0.25, 0.3) is 0 Å². The van der Waals surface area contributed by atoms with Crippen molar-refractivity contribution in [2.45, 2.75) is 37.5 Å². The van der Waals surface area contributed by atoms with E-state index in [2.05, 4.69) is 6.92 Å². The highest BCUT2D eigenvalue weighted by Gasteiger charge is 2.43. The zero-order chi connectivity index (χ0) is 27.8. The Labute approximate surface area is 241 Å². The first kappa shape index (κ1) is 28.3. The SMILES string of the molecule is CCC(CC(C)(c1cc(Cl)c(O)c(Cl)c1)c1cc(Cl)c(O)c(Cl)c1)(c1ccc(O)cc1)c1ccc(O)cc1. The number of rotatable bonds is 7. The Morgan fingerprint density at radius 3 is 1.16 bits per heavy atom. The van der Waals surface area contributed by atoms with Crippen molar-refractivity contribution in [1.82, 2.24) is 0 Å². The van der Waals surface area contributed by atoms with Crippen LogP contribution in [0.25, 0.3) is 0 Å². The van der Waals surface area contributed by atoms with Crippen molar-refractivity contribution in [3.63, 3.8) is 0 Å². The van der Waals surface area contributed by atoms with Gasteiger partial charge in [-0.25, -0.2) is 0 Å². The van der Waals surface area contributed by atoms with E-state index in [9.17, 15) is 20.4 Å². The Kier molecular flexibility index (Phi) is 8.02. The van der Waals surface area contributed by atoms with Crippen LogP contribution in [0.5, 0.6) is 23.0 Å². The highest BCUT2D eigenvalue weighted by molar-refractivity contribution is 6.37. The summed E-state index contributed by atoms with van der Waals surface area (Å²) >= 11 is 25.6. The molecule has 0 fully saturated rings. The predicted molar refractivity (Wildman–Crippen MR) is 155 cm³/mol. The average Bonchev–Trinajstić information content (AvgIpc) is 2.89. The number of phenols is 4. The van der Waals surface area contributed by atoms with Gasteiger partial charge in [-0.15, -0.1) is 0 Å². The number of phenolic OH excluding ortho intramolecular Hbond substituents is 4. The van der Waals surface area contributed by atoms with E-state index in [0.29, 0.717) is 24.0 Å². The zero-order valence-electron chi connectivity index (χ0n) is 20.6. The van der Waals surface area contributed by atoms with E-state index in [1.54, 1.807) is 48.5 Å². The summed E-state index contributed by atoms with van der Waals surface area (Å²) in [6, 6.07) is 20.7. The van der Waals surface area contributed by atoms with Crippen LogP contribution in [0.4, 0.5) is 0 Å². The van der Waals surface area contributed by atoms with Crippen LogP contribution in [-0.2, 0) is 10.8 Å². The first-order valence-electron chi connectivity index (χ1n) is 11.9. The second-order valence-corrected chi connectivity index (χ2v) is 11.2. The fourth-order valence-electron chi connectivity index (χ4n) is 5.21. The van der Waals surface area contributed by atoms with Gasteiger partial charge in [0, 0.05) is 10.8 Å². The first-order chi connectivity index (χ1) is 17.9. The maximum absolute atomic E-state index is 10.3. The van der Waals surface area contributed by atoms with E-state index in [0.717, 1.165) is 11.1 Å². The molecule has 4 N–H and O–H groups in total. The lowest BCUT2D eigenvalue weighted by molar-refractivity contribution is 0.357. The predicted octanol–water partition coefficient (Wildman–Crippen LogP) is 9.21. The van der Waals surface area contributed by atoms with Crippen LogP contribution >= 0.6 is 46.4 Å². The van der Waals surface area contributed by atoms with Gasteiger partial charge in [-0.3, -0.25) is 0 Å². The van der Waals surface area contributed by atoms with Crippen LogP contribution in [0.1, 0.15) is 48.9 Å². The minimum atomic E-state index is -0.867. The lowest BCUT2D eigenvalue weighted by Gasteiger charge is -2.43. The smallest absolute Gasteiger partial charge is 0.152 e. The fourth-order valence-corrected chi connectivity index (χ4v) is 6.18. The van der Waals surface area contributed by atoms with E-state index >= 15 is 0 Å². The lowest BCUT2D eigenvalue weighted by atomic mass is 9.59. The maximum Gasteiger partial charge on any atom is 0.152 e. The summed E-state index contributed by atoms with van der Waals surface area (Å²) in [5.74, 6) is -0.164. The van der Waals surface area contributed by atoms with Gasteiger partial charge in [0.15, 0.2) is 11.5 Å². The molecule has 8 heteroatoms. The van der Waals surface area contributed by atoms with E-state index in [-0.39, 0.29) is 43.1 Å². The van der Waals surface area contributed by atoms with E-state index in [4.69, 9.17) is 46.4 Å². The number of aromatic hydroxyl groups is 4. The third kappa shape index (κ3) is 5.11. The van der Waals surface area contributed by atoms with Gasteiger partial charge in [0.05, 0.1) is 20.1 Å². The quantitative estimate of drug-likeness (QED) is 0.173. The van der Waals surface area contributed by atoms with Crippen molar-refractivity contribution in [3.8, 4) is 23.0 Å². The Morgan fingerprint density at radius 2 is 0.868 bits per heavy atom. The molecule has 4 nitrogen and oxygen atoms in total. The van der Waals surface area contributed by atoms with Gasteiger partial charge in [-0.05, 0) is 83.6 Å². The van der Waals surface area contributed by atoms with Gasteiger partial charge in [0.1, 0.15) is 11.5 Å². The lowest BCUT2D eigenvalue weighted by Crippen LogP contribution is -2.38. The van der Waals surface area contributed by atoms with E-state index < -0.39 is 10.8 Å². The van der Waals surface area contributed by atoms with Crippen molar-refractivity contribution < 1.29 is 20.4 Å². The Hall–Kier alpha value is -2.76. The second-order valence-electron chi connectivity index (χ2n) is 9.62. The van der Waals surface area contributed by atoms with Gasteiger partial charge in [0.2, 0.25) is 0 Å². The van der Waals surface area contributed by atoms with Gasteiger partial charge in [-0.1, -0.05) is 84.5 Å². The molecule has 0 aromatic heterocycles. The number of hydrogen-bond donors (Lipinski definition) is 4. The third-order valence-electron chi connectivity index (χ3n) is 7.41. The van der Waals surface area contributed by atoms with Crippen molar-refractivity contribution in [2.75, 3.05) is 0 Å². The molecule has 0 bridgehead atoms. The summed E-state index contributed by atoms with van der Waals surface area (Å²) in [5, 5.41) is 41.0. The molecule has 0 saturated carbocycles. The van der Waals surface area contributed by atoms with E-state index in [1.165, 1.54) is 0 Å². The normalized spacial score (nSPS) is 12.1. The molecular weight excluding hydrogens is 566 g/mol. The largest absolute Gasteiger partial charge is 0.508 e. The van der Waals surface area contributed by atoms with Crippen molar-refractivity contribution in [1.29, 1.82) is 0 Å². The summed E-state index contributed by atoms with van der Waals surface area (Å²) in [6.45, 7) is 4.06. The molecule has 38 heavy (non-hydrogen) atoms. The summed E-state index contributed by atoms with van der Waals surface area (Å²) in [4.78, 5) is 0. The monoisotopic (exact) mass is 590 g/mol. The average molecular weight is 592 g/mol. The van der Waals surface area contributed by atoms with Crippen LogP contribution in [0.15, 0.2) is 72.8 Å². The second kappa shape index (κ2) is 10.8. The molecule has 0 aliphatic rings. The molecule has 4 rings (SSSR count).